The fourth-order valence-corrected chi connectivity index (χ4v) is 5.03. The summed E-state index contributed by atoms with van der Waals surface area (Å²) in [5.41, 5.74) is 1.51. The molecule has 2 heterocycles. The zero-order chi connectivity index (χ0) is 24.8. The third-order valence-electron chi connectivity index (χ3n) is 4.80. The van der Waals surface area contributed by atoms with Crippen molar-refractivity contribution in [2.45, 2.75) is 18.1 Å². The number of nitro groups is 1. The fourth-order valence-electron chi connectivity index (χ4n) is 3.22. The van der Waals surface area contributed by atoms with Crippen LogP contribution < -0.4 is 5.32 Å². The quantitative estimate of drug-likeness (QED) is 0.126. The number of aromatic nitrogens is 4. The Morgan fingerprint density at radius 3 is 2.86 bits per heavy atom. The number of carbonyl (C=O) groups is 1. The van der Waals surface area contributed by atoms with Gasteiger partial charge in [0.05, 0.1) is 10.7 Å². The first-order valence-electron chi connectivity index (χ1n) is 10.3. The largest absolute Gasteiger partial charge is 0.301 e. The number of nitrogens with zero attached hydrogens (tertiary/aromatic N) is 5. The van der Waals surface area contributed by atoms with Crippen LogP contribution in [0.15, 0.2) is 72.5 Å². The van der Waals surface area contributed by atoms with Crippen LogP contribution in [0.3, 0.4) is 0 Å². The van der Waals surface area contributed by atoms with Crippen molar-refractivity contribution in [3.63, 3.8) is 0 Å². The molecule has 0 aliphatic carbocycles. The number of allylic oxidation sites excluding steroid dienone is 1. The number of hydrogen-bond donors (Lipinski definition) is 1. The molecule has 178 valence electrons. The SMILES string of the molecule is C=CCn1c(SCC(=O)Nc2ncc(Cc3ccccc3Cl)s2)nnc1-c1cccc([N+](=O)[O-])c1. The molecule has 0 spiro atoms. The molecule has 2 aromatic heterocycles. The van der Waals surface area contributed by atoms with Crippen molar-refractivity contribution in [3.05, 3.63) is 93.0 Å². The Bertz CT molecular complexity index is 1390. The van der Waals surface area contributed by atoms with Crippen LogP contribution in [0, 0.1) is 10.1 Å². The van der Waals surface area contributed by atoms with Gasteiger partial charge in [-0.05, 0) is 11.6 Å². The summed E-state index contributed by atoms with van der Waals surface area (Å²) in [5, 5.41) is 24.0. The van der Waals surface area contributed by atoms with Gasteiger partial charge in [-0.2, -0.15) is 0 Å². The molecule has 0 fully saturated rings. The molecule has 0 atom stereocenters. The van der Waals surface area contributed by atoms with Crippen LogP contribution in [0.1, 0.15) is 10.4 Å². The molecule has 1 amide bonds. The van der Waals surface area contributed by atoms with E-state index in [1.807, 2.05) is 24.3 Å². The summed E-state index contributed by atoms with van der Waals surface area (Å²) >= 11 is 8.82. The van der Waals surface area contributed by atoms with Gasteiger partial charge in [-0.15, -0.1) is 28.1 Å². The van der Waals surface area contributed by atoms with E-state index in [0.717, 1.165) is 10.4 Å². The molecule has 0 saturated heterocycles. The van der Waals surface area contributed by atoms with Gasteiger partial charge in [0.1, 0.15) is 0 Å². The van der Waals surface area contributed by atoms with Crippen LogP contribution in [-0.4, -0.2) is 36.3 Å². The second-order valence-corrected chi connectivity index (χ2v) is 9.71. The number of benzene rings is 2. The number of carbonyl (C=O) groups excluding carboxylic acids is 1. The number of nitrogens with one attached hydrogen (secondary N) is 1. The van der Waals surface area contributed by atoms with E-state index in [0.29, 0.717) is 39.7 Å². The average Bonchev–Trinajstić information content (AvgIpc) is 3.46. The van der Waals surface area contributed by atoms with Crippen LogP contribution in [0.2, 0.25) is 5.02 Å². The lowest BCUT2D eigenvalue weighted by atomic mass is 10.1. The Morgan fingerprint density at radius 2 is 2.09 bits per heavy atom. The Morgan fingerprint density at radius 1 is 1.26 bits per heavy atom. The number of nitro benzene ring substituents is 1. The second-order valence-electron chi connectivity index (χ2n) is 7.25. The highest BCUT2D eigenvalue weighted by atomic mass is 35.5. The summed E-state index contributed by atoms with van der Waals surface area (Å²) < 4.78 is 1.76. The molecule has 9 nitrogen and oxygen atoms in total. The van der Waals surface area contributed by atoms with E-state index in [9.17, 15) is 14.9 Å². The van der Waals surface area contributed by atoms with E-state index in [2.05, 4.69) is 27.1 Å². The minimum Gasteiger partial charge on any atom is -0.301 e. The van der Waals surface area contributed by atoms with Crippen molar-refractivity contribution in [2.24, 2.45) is 0 Å². The highest BCUT2D eigenvalue weighted by Gasteiger charge is 2.17. The normalized spacial score (nSPS) is 10.8. The number of halogens is 1. The predicted molar refractivity (Wildman–Crippen MR) is 138 cm³/mol. The highest BCUT2D eigenvalue weighted by Crippen LogP contribution is 2.28. The van der Waals surface area contributed by atoms with Crippen molar-refractivity contribution in [1.82, 2.24) is 19.7 Å². The van der Waals surface area contributed by atoms with Gasteiger partial charge in [0, 0.05) is 46.8 Å². The summed E-state index contributed by atoms with van der Waals surface area (Å²) in [6, 6.07) is 13.8. The fraction of sp³-hybridized carbons (Fsp3) is 0.130. The molecule has 2 aromatic carbocycles. The average molecular weight is 527 g/mol. The Kier molecular flexibility index (Phi) is 7.91. The van der Waals surface area contributed by atoms with Gasteiger partial charge in [-0.3, -0.25) is 19.5 Å². The zero-order valence-corrected chi connectivity index (χ0v) is 20.6. The topological polar surface area (TPSA) is 116 Å². The van der Waals surface area contributed by atoms with Crippen LogP contribution >= 0.6 is 34.7 Å². The van der Waals surface area contributed by atoms with E-state index in [1.54, 1.807) is 29.0 Å². The molecule has 0 saturated carbocycles. The van der Waals surface area contributed by atoms with Gasteiger partial charge in [0.2, 0.25) is 5.91 Å². The lowest BCUT2D eigenvalue weighted by Crippen LogP contribution is -2.14. The van der Waals surface area contributed by atoms with Gasteiger partial charge < -0.3 is 5.32 Å². The molecule has 1 N–H and O–H groups in total. The van der Waals surface area contributed by atoms with E-state index in [-0.39, 0.29) is 17.3 Å². The van der Waals surface area contributed by atoms with E-state index >= 15 is 0 Å². The van der Waals surface area contributed by atoms with Crippen LogP contribution in [0.5, 0.6) is 0 Å². The molecule has 0 bridgehead atoms. The van der Waals surface area contributed by atoms with E-state index in [4.69, 9.17) is 11.6 Å². The van der Waals surface area contributed by atoms with Crippen LogP contribution in [-0.2, 0) is 17.8 Å². The molecule has 0 unspecified atom stereocenters. The minimum atomic E-state index is -0.462. The number of non-ortho nitro benzene ring substituents is 1. The summed E-state index contributed by atoms with van der Waals surface area (Å²) in [4.78, 5) is 28.5. The maximum atomic E-state index is 12.5. The first-order chi connectivity index (χ1) is 16.9. The third kappa shape index (κ3) is 6.13. The predicted octanol–water partition coefficient (Wildman–Crippen LogP) is 5.47. The third-order valence-corrected chi connectivity index (χ3v) is 7.05. The van der Waals surface area contributed by atoms with Gasteiger partial charge >= 0.3 is 0 Å². The van der Waals surface area contributed by atoms with E-state index in [1.165, 1.54) is 35.2 Å². The minimum absolute atomic E-state index is 0.0402. The number of amides is 1. The molecule has 4 aromatic rings. The summed E-state index contributed by atoms with van der Waals surface area (Å²) in [6.07, 6.45) is 4.03. The molecule has 0 radical (unpaired) electrons. The molecule has 12 heteroatoms. The van der Waals surface area contributed by atoms with Crippen molar-refractivity contribution in [1.29, 1.82) is 0 Å². The zero-order valence-electron chi connectivity index (χ0n) is 18.3. The lowest BCUT2D eigenvalue weighted by Gasteiger charge is -2.07. The van der Waals surface area contributed by atoms with E-state index < -0.39 is 4.92 Å². The molecule has 0 aliphatic heterocycles. The number of thiazole rings is 1. The maximum absolute atomic E-state index is 12.5. The van der Waals surface area contributed by atoms with Gasteiger partial charge in [-0.1, -0.05) is 59.8 Å². The lowest BCUT2D eigenvalue weighted by molar-refractivity contribution is -0.384. The van der Waals surface area contributed by atoms with Gasteiger partial charge in [0.15, 0.2) is 16.1 Å². The summed E-state index contributed by atoms with van der Waals surface area (Å²) in [6.45, 7) is 4.14. The first kappa shape index (κ1) is 24.6. The van der Waals surface area contributed by atoms with Crippen molar-refractivity contribution >= 4 is 51.4 Å². The van der Waals surface area contributed by atoms with Crippen molar-refractivity contribution < 1.29 is 9.72 Å². The maximum Gasteiger partial charge on any atom is 0.270 e. The number of hydrogen-bond acceptors (Lipinski definition) is 8. The Labute approximate surface area is 214 Å². The monoisotopic (exact) mass is 526 g/mol. The standard InChI is InChI=1S/C23H19ClN6O3S2/c1-2-10-29-21(16-7-5-8-17(11-16)30(32)33)27-28-23(29)34-14-20(31)26-22-25-13-18(35-22)12-15-6-3-4-9-19(15)24/h2-9,11,13H,1,10,12,14H2,(H,25,26,31). The summed E-state index contributed by atoms with van der Waals surface area (Å²) in [7, 11) is 0. The highest BCUT2D eigenvalue weighted by molar-refractivity contribution is 7.99. The van der Waals surface area contributed by atoms with Gasteiger partial charge in [-0.25, -0.2) is 4.98 Å². The molecular weight excluding hydrogens is 508 g/mol. The first-order valence-corrected chi connectivity index (χ1v) is 12.5. The van der Waals surface area contributed by atoms with Gasteiger partial charge in [0.25, 0.3) is 5.69 Å². The van der Waals surface area contributed by atoms with Crippen LogP contribution in [0.25, 0.3) is 11.4 Å². The second kappa shape index (κ2) is 11.3. The molecule has 35 heavy (non-hydrogen) atoms. The van der Waals surface area contributed by atoms with Crippen molar-refractivity contribution in [3.8, 4) is 11.4 Å². The van der Waals surface area contributed by atoms with Crippen molar-refractivity contribution in [2.75, 3.05) is 11.1 Å². The molecule has 4 rings (SSSR count). The smallest absolute Gasteiger partial charge is 0.270 e. The molecular formula is C23H19ClN6O3S2. The summed E-state index contributed by atoms with van der Waals surface area (Å²) in [5.74, 6) is 0.309. The number of anilines is 1. The Hall–Kier alpha value is -3.54. The number of thioether (sulfide) groups is 1. The Balaban J connectivity index is 1.41. The number of rotatable bonds is 10. The van der Waals surface area contributed by atoms with Crippen LogP contribution in [0.4, 0.5) is 10.8 Å². The molecule has 0 aliphatic rings.